The number of benzene rings is 1. The molecular formula is C14H17ClN2O3. The van der Waals surface area contributed by atoms with E-state index >= 15 is 0 Å². The van der Waals surface area contributed by atoms with Gasteiger partial charge in [0.2, 0.25) is 0 Å². The van der Waals surface area contributed by atoms with E-state index in [0.717, 1.165) is 12.8 Å². The van der Waals surface area contributed by atoms with Crippen molar-refractivity contribution in [1.82, 2.24) is 4.90 Å². The molecule has 20 heavy (non-hydrogen) atoms. The summed E-state index contributed by atoms with van der Waals surface area (Å²) in [6.45, 7) is 2.29. The van der Waals surface area contributed by atoms with Crippen LogP contribution in [-0.4, -0.2) is 42.9 Å². The van der Waals surface area contributed by atoms with Crippen LogP contribution in [0, 0.1) is 0 Å². The Balaban J connectivity index is 1.81. The average molecular weight is 297 g/mol. The number of likely N-dealkylation sites (tertiary alicyclic amines) is 1. The number of nitrogen functional groups attached to an aromatic ring is 1. The molecule has 0 saturated carbocycles. The predicted molar refractivity (Wildman–Crippen MR) is 75.6 cm³/mol. The molecule has 1 spiro atoms. The summed E-state index contributed by atoms with van der Waals surface area (Å²) < 4.78 is 11.4. The van der Waals surface area contributed by atoms with Crippen molar-refractivity contribution in [3.8, 4) is 0 Å². The highest BCUT2D eigenvalue weighted by atomic mass is 35.5. The van der Waals surface area contributed by atoms with E-state index in [0.29, 0.717) is 42.6 Å². The lowest BCUT2D eigenvalue weighted by atomic mass is 10.0. The first-order valence-corrected chi connectivity index (χ1v) is 7.10. The second kappa shape index (κ2) is 5.24. The quantitative estimate of drug-likeness (QED) is 0.804. The Labute approximate surface area is 122 Å². The maximum absolute atomic E-state index is 12.6. The van der Waals surface area contributed by atoms with E-state index in [-0.39, 0.29) is 5.91 Å². The molecule has 3 rings (SSSR count). The maximum atomic E-state index is 12.6. The van der Waals surface area contributed by atoms with Gasteiger partial charge in [-0.05, 0) is 18.6 Å². The highest BCUT2D eigenvalue weighted by Crippen LogP contribution is 2.32. The molecule has 0 atom stereocenters. The lowest BCUT2D eigenvalue weighted by Crippen LogP contribution is -2.51. The van der Waals surface area contributed by atoms with Gasteiger partial charge in [-0.25, -0.2) is 0 Å². The van der Waals surface area contributed by atoms with Crippen LogP contribution in [0.15, 0.2) is 18.2 Å². The van der Waals surface area contributed by atoms with E-state index < -0.39 is 5.79 Å². The van der Waals surface area contributed by atoms with Gasteiger partial charge in [-0.1, -0.05) is 17.7 Å². The van der Waals surface area contributed by atoms with E-state index in [9.17, 15) is 4.79 Å². The molecule has 2 heterocycles. The Morgan fingerprint density at radius 3 is 2.85 bits per heavy atom. The zero-order valence-corrected chi connectivity index (χ0v) is 11.9. The zero-order chi connectivity index (χ0) is 14.2. The molecule has 2 saturated heterocycles. The number of ether oxygens (including phenoxy) is 2. The summed E-state index contributed by atoms with van der Waals surface area (Å²) in [6.07, 6.45) is 1.67. The van der Waals surface area contributed by atoms with Crippen LogP contribution in [0.5, 0.6) is 0 Å². The standard InChI is InChI=1S/C14H17ClN2O3/c15-11-4-1-3-10(12(11)16)13(18)17-6-2-5-14(9-17)19-7-8-20-14/h1,3-4H,2,5-9,16H2. The molecule has 2 aliphatic rings. The third kappa shape index (κ3) is 2.37. The molecule has 1 aromatic carbocycles. The Morgan fingerprint density at radius 1 is 1.35 bits per heavy atom. The van der Waals surface area contributed by atoms with Crippen molar-refractivity contribution in [3.05, 3.63) is 28.8 Å². The Hall–Kier alpha value is -1.30. The fourth-order valence-corrected chi connectivity index (χ4v) is 2.96. The molecule has 2 aliphatic heterocycles. The number of hydrogen-bond donors (Lipinski definition) is 1. The number of nitrogens with two attached hydrogens (primary N) is 1. The largest absolute Gasteiger partial charge is 0.397 e. The molecule has 0 aromatic heterocycles. The van der Waals surface area contributed by atoms with Gasteiger partial charge in [0.1, 0.15) is 0 Å². The molecule has 1 aromatic rings. The Bertz CT molecular complexity index is 529. The molecule has 0 unspecified atom stereocenters. The SMILES string of the molecule is Nc1c(Cl)cccc1C(=O)N1CCCC2(C1)OCCO2. The zero-order valence-electron chi connectivity index (χ0n) is 11.1. The summed E-state index contributed by atoms with van der Waals surface area (Å²) in [5.74, 6) is -0.746. The van der Waals surface area contributed by atoms with Crippen molar-refractivity contribution in [1.29, 1.82) is 0 Å². The molecule has 108 valence electrons. The van der Waals surface area contributed by atoms with Crippen LogP contribution in [0.1, 0.15) is 23.2 Å². The average Bonchev–Trinajstić information content (AvgIpc) is 2.89. The Kier molecular flexibility index (Phi) is 3.58. The van der Waals surface area contributed by atoms with Gasteiger partial charge in [-0.3, -0.25) is 4.79 Å². The van der Waals surface area contributed by atoms with Crippen LogP contribution >= 0.6 is 11.6 Å². The molecule has 0 radical (unpaired) electrons. The summed E-state index contributed by atoms with van der Waals surface area (Å²) in [6, 6.07) is 5.10. The number of anilines is 1. The monoisotopic (exact) mass is 296 g/mol. The summed E-state index contributed by atoms with van der Waals surface area (Å²) in [7, 11) is 0. The van der Waals surface area contributed by atoms with Crippen LogP contribution in [0.25, 0.3) is 0 Å². The second-order valence-electron chi connectivity index (χ2n) is 5.14. The van der Waals surface area contributed by atoms with Crippen molar-refractivity contribution < 1.29 is 14.3 Å². The number of hydrogen-bond acceptors (Lipinski definition) is 4. The second-order valence-corrected chi connectivity index (χ2v) is 5.55. The van der Waals surface area contributed by atoms with E-state index in [1.807, 2.05) is 0 Å². The molecule has 1 amide bonds. The normalized spacial score (nSPS) is 21.4. The minimum Gasteiger partial charge on any atom is -0.397 e. The van der Waals surface area contributed by atoms with E-state index in [1.165, 1.54) is 0 Å². The fraction of sp³-hybridized carbons (Fsp3) is 0.500. The predicted octanol–water partition coefficient (Wildman–Crippen LogP) is 1.90. The topological polar surface area (TPSA) is 64.8 Å². The van der Waals surface area contributed by atoms with E-state index in [4.69, 9.17) is 26.8 Å². The molecule has 2 N–H and O–H groups in total. The number of carbonyl (C=O) groups is 1. The molecule has 0 bridgehead atoms. The first-order chi connectivity index (χ1) is 9.61. The highest BCUT2D eigenvalue weighted by Gasteiger charge is 2.42. The van der Waals surface area contributed by atoms with Gasteiger partial charge in [0.25, 0.3) is 5.91 Å². The highest BCUT2D eigenvalue weighted by molar-refractivity contribution is 6.33. The first kappa shape index (κ1) is 13.7. The molecule has 0 aliphatic carbocycles. The van der Waals surface area contributed by atoms with Crippen LogP contribution in [0.2, 0.25) is 5.02 Å². The molecule has 2 fully saturated rings. The third-order valence-electron chi connectivity index (χ3n) is 3.80. The number of para-hydroxylation sites is 1. The van der Waals surface area contributed by atoms with Crippen molar-refractivity contribution in [2.24, 2.45) is 0 Å². The third-order valence-corrected chi connectivity index (χ3v) is 4.13. The number of halogens is 1. The fourth-order valence-electron chi connectivity index (χ4n) is 2.79. The van der Waals surface area contributed by atoms with Crippen LogP contribution in [0.3, 0.4) is 0 Å². The lowest BCUT2D eigenvalue weighted by Gasteiger charge is -2.38. The lowest BCUT2D eigenvalue weighted by molar-refractivity contribution is -0.183. The number of rotatable bonds is 1. The minimum absolute atomic E-state index is 0.122. The minimum atomic E-state index is -0.624. The number of carbonyl (C=O) groups excluding carboxylic acids is 1. The molecule has 5 nitrogen and oxygen atoms in total. The van der Waals surface area contributed by atoms with Crippen molar-refractivity contribution >= 4 is 23.2 Å². The summed E-state index contributed by atoms with van der Waals surface area (Å²) >= 11 is 5.97. The van der Waals surface area contributed by atoms with Crippen LogP contribution in [0.4, 0.5) is 5.69 Å². The van der Waals surface area contributed by atoms with Gasteiger partial charge < -0.3 is 20.1 Å². The summed E-state index contributed by atoms with van der Waals surface area (Å²) in [5, 5.41) is 0.399. The smallest absolute Gasteiger partial charge is 0.256 e. The van der Waals surface area contributed by atoms with Gasteiger partial charge in [0.15, 0.2) is 5.79 Å². The number of nitrogens with zero attached hydrogens (tertiary/aromatic N) is 1. The van der Waals surface area contributed by atoms with Crippen molar-refractivity contribution in [3.63, 3.8) is 0 Å². The molecular weight excluding hydrogens is 280 g/mol. The summed E-state index contributed by atoms with van der Waals surface area (Å²) in [4.78, 5) is 14.3. The molecule has 6 heteroatoms. The first-order valence-electron chi connectivity index (χ1n) is 6.72. The van der Waals surface area contributed by atoms with E-state index in [1.54, 1.807) is 23.1 Å². The van der Waals surface area contributed by atoms with Crippen LogP contribution in [-0.2, 0) is 9.47 Å². The summed E-state index contributed by atoms with van der Waals surface area (Å²) in [5.41, 5.74) is 6.66. The van der Waals surface area contributed by atoms with Crippen LogP contribution < -0.4 is 5.73 Å². The Morgan fingerprint density at radius 2 is 2.10 bits per heavy atom. The van der Waals surface area contributed by atoms with Gasteiger partial charge in [-0.2, -0.15) is 0 Å². The van der Waals surface area contributed by atoms with Crippen molar-refractivity contribution in [2.75, 3.05) is 32.0 Å². The number of piperidine rings is 1. The maximum Gasteiger partial charge on any atom is 0.256 e. The van der Waals surface area contributed by atoms with Gasteiger partial charge in [0.05, 0.1) is 36.0 Å². The van der Waals surface area contributed by atoms with Gasteiger partial charge in [0, 0.05) is 13.0 Å². The van der Waals surface area contributed by atoms with E-state index in [2.05, 4.69) is 0 Å². The van der Waals surface area contributed by atoms with Crippen molar-refractivity contribution in [2.45, 2.75) is 18.6 Å². The van der Waals surface area contributed by atoms with Gasteiger partial charge >= 0.3 is 0 Å². The number of amides is 1. The van der Waals surface area contributed by atoms with Gasteiger partial charge in [-0.15, -0.1) is 0 Å².